The Balaban J connectivity index is 2.53. The third kappa shape index (κ3) is 2.27. The second-order valence-electron chi connectivity index (χ2n) is 2.80. The zero-order valence-corrected chi connectivity index (χ0v) is 7.95. The molecule has 0 spiro atoms. The van der Waals surface area contributed by atoms with Crippen LogP contribution in [0, 0.1) is 0 Å². The standard InChI is InChI=1S/C6H9N2O5P/c7-4-3(5(9)6(4)10)1-8-2-14(11,12)13/h8H,1-2,7H2,(H2,11,12,13). The summed E-state index contributed by atoms with van der Waals surface area (Å²) in [5, 5.41) is 2.33. The number of rotatable bonds is 4. The van der Waals surface area contributed by atoms with Gasteiger partial charge in [-0.3, -0.25) is 14.2 Å². The van der Waals surface area contributed by atoms with Crippen molar-refractivity contribution in [2.75, 3.05) is 12.0 Å². The van der Waals surface area contributed by atoms with E-state index in [1.165, 1.54) is 0 Å². The molecule has 8 heteroatoms. The number of anilines is 1. The summed E-state index contributed by atoms with van der Waals surface area (Å²) >= 11 is 0. The van der Waals surface area contributed by atoms with E-state index >= 15 is 0 Å². The first-order chi connectivity index (χ1) is 6.33. The average molecular weight is 220 g/mol. The summed E-state index contributed by atoms with van der Waals surface area (Å²) in [5.41, 5.74) is 3.71. The molecule has 0 unspecified atom stereocenters. The molecule has 1 rings (SSSR count). The third-order valence-electron chi connectivity index (χ3n) is 1.67. The fourth-order valence-electron chi connectivity index (χ4n) is 0.958. The Morgan fingerprint density at radius 3 is 2.29 bits per heavy atom. The maximum atomic E-state index is 10.8. The summed E-state index contributed by atoms with van der Waals surface area (Å²) in [6, 6.07) is 0. The van der Waals surface area contributed by atoms with Crippen molar-refractivity contribution in [2.45, 2.75) is 6.54 Å². The Morgan fingerprint density at radius 1 is 1.29 bits per heavy atom. The van der Waals surface area contributed by atoms with E-state index in [-0.39, 0.29) is 17.8 Å². The molecule has 0 aliphatic carbocycles. The van der Waals surface area contributed by atoms with Crippen LogP contribution >= 0.6 is 7.60 Å². The van der Waals surface area contributed by atoms with E-state index in [0.717, 1.165) is 0 Å². The van der Waals surface area contributed by atoms with Crippen LogP contribution in [0.1, 0.15) is 5.56 Å². The van der Waals surface area contributed by atoms with Crippen LogP contribution in [-0.4, -0.2) is 16.1 Å². The van der Waals surface area contributed by atoms with Gasteiger partial charge in [0.25, 0.3) is 0 Å². The molecule has 7 nitrogen and oxygen atoms in total. The van der Waals surface area contributed by atoms with Gasteiger partial charge in [-0.25, -0.2) is 0 Å². The Bertz CT molecular complexity index is 455. The predicted octanol–water partition coefficient (Wildman–Crippen LogP) is -1.91. The highest BCUT2D eigenvalue weighted by Crippen LogP contribution is 2.32. The molecule has 1 aromatic rings. The molecular formula is C6H9N2O5P. The molecule has 0 heterocycles. The van der Waals surface area contributed by atoms with Gasteiger partial charge in [-0.05, 0) is 0 Å². The van der Waals surface area contributed by atoms with Gasteiger partial charge in [0.05, 0.1) is 12.0 Å². The fraction of sp³-hybridized carbons (Fsp3) is 0.333. The van der Waals surface area contributed by atoms with E-state index in [0.29, 0.717) is 0 Å². The molecular weight excluding hydrogens is 211 g/mol. The SMILES string of the molecule is Nc1c(CNCP(=O)(O)O)c(=O)c1=O. The van der Waals surface area contributed by atoms with Gasteiger partial charge in [-0.15, -0.1) is 0 Å². The summed E-state index contributed by atoms with van der Waals surface area (Å²) in [5.74, 6) is 0. The van der Waals surface area contributed by atoms with Crippen LogP contribution in [0.5, 0.6) is 0 Å². The first-order valence-corrected chi connectivity index (χ1v) is 5.45. The number of hydrogen-bond acceptors (Lipinski definition) is 5. The maximum Gasteiger partial charge on any atom is 0.339 e. The minimum absolute atomic E-state index is 0.0865. The lowest BCUT2D eigenvalue weighted by Crippen LogP contribution is -2.40. The Hall–Kier alpha value is -1.01. The number of nitrogens with two attached hydrogens (primary N) is 1. The van der Waals surface area contributed by atoms with Gasteiger partial charge in [-0.1, -0.05) is 0 Å². The number of hydrogen-bond donors (Lipinski definition) is 4. The van der Waals surface area contributed by atoms with Gasteiger partial charge in [0.1, 0.15) is 0 Å². The molecule has 0 aromatic heterocycles. The minimum Gasteiger partial charge on any atom is -0.395 e. The average Bonchev–Trinajstić information content (AvgIpc) is 2.09. The summed E-state index contributed by atoms with van der Waals surface area (Å²) in [4.78, 5) is 38.3. The van der Waals surface area contributed by atoms with Gasteiger partial charge in [0.15, 0.2) is 0 Å². The Morgan fingerprint density at radius 2 is 1.86 bits per heavy atom. The summed E-state index contributed by atoms with van der Waals surface area (Å²) in [7, 11) is -4.13. The van der Waals surface area contributed by atoms with Crippen LogP contribution in [0.25, 0.3) is 0 Å². The van der Waals surface area contributed by atoms with Crippen LogP contribution in [-0.2, 0) is 11.1 Å². The van der Waals surface area contributed by atoms with E-state index in [4.69, 9.17) is 15.5 Å². The molecule has 0 aliphatic heterocycles. The van der Waals surface area contributed by atoms with E-state index in [2.05, 4.69) is 5.32 Å². The molecule has 5 N–H and O–H groups in total. The van der Waals surface area contributed by atoms with Gasteiger partial charge >= 0.3 is 7.60 Å². The molecule has 0 atom stereocenters. The van der Waals surface area contributed by atoms with E-state index < -0.39 is 24.7 Å². The summed E-state index contributed by atoms with van der Waals surface area (Å²) < 4.78 is 10.4. The van der Waals surface area contributed by atoms with Crippen molar-refractivity contribution in [1.29, 1.82) is 0 Å². The highest BCUT2D eigenvalue weighted by molar-refractivity contribution is 7.51. The lowest BCUT2D eigenvalue weighted by molar-refractivity contribution is 0.367. The molecule has 0 radical (unpaired) electrons. The normalized spacial score (nSPS) is 12.1. The molecule has 0 amide bonds. The fourth-order valence-corrected chi connectivity index (χ4v) is 1.36. The number of nitrogen functional groups attached to an aromatic ring is 1. The first kappa shape index (κ1) is 11.1. The third-order valence-corrected chi connectivity index (χ3v) is 2.31. The molecule has 78 valence electrons. The molecule has 0 saturated carbocycles. The Kier molecular flexibility index (Phi) is 2.86. The predicted molar refractivity (Wildman–Crippen MR) is 49.5 cm³/mol. The molecule has 0 aliphatic rings. The van der Waals surface area contributed by atoms with Gasteiger partial charge in [0, 0.05) is 12.1 Å². The van der Waals surface area contributed by atoms with Crippen LogP contribution in [0.4, 0.5) is 5.69 Å². The monoisotopic (exact) mass is 220 g/mol. The van der Waals surface area contributed by atoms with Crippen LogP contribution < -0.4 is 21.9 Å². The van der Waals surface area contributed by atoms with Crippen molar-refractivity contribution in [3.05, 3.63) is 26.0 Å². The lowest BCUT2D eigenvalue weighted by atomic mass is 10.1. The first-order valence-electron chi connectivity index (χ1n) is 3.66. The second kappa shape index (κ2) is 3.62. The van der Waals surface area contributed by atoms with Crippen LogP contribution in [0.2, 0.25) is 0 Å². The zero-order valence-electron chi connectivity index (χ0n) is 7.06. The molecule has 14 heavy (non-hydrogen) atoms. The summed E-state index contributed by atoms with van der Waals surface area (Å²) in [6.07, 6.45) is -0.550. The van der Waals surface area contributed by atoms with E-state index in [9.17, 15) is 14.2 Å². The smallest absolute Gasteiger partial charge is 0.339 e. The highest BCUT2D eigenvalue weighted by atomic mass is 31.2. The quantitative estimate of drug-likeness (QED) is 0.344. The molecule has 0 bridgehead atoms. The highest BCUT2D eigenvalue weighted by Gasteiger charge is 2.18. The lowest BCUT2D eigenvalue weighted by Gasteiger charge is -2.08. The molecule has 1 aromatic carbocycles. The van der Waals surface area contributed by atoms with Gasteiger partial charge < -0.3 is 20.8 Å². The van der Waals surface area contributed by atoms with Crippen LogP contribution in [0.15, 0.2) is 9.59 Å². The Labute approximate surface area is 78.4 Å². The minimum atomic E-state index is -4.13. The van der Waals surface area contributed by atoms with Gasteiger partial charge in [0.2, 0.25) is 10.9 Å². The van der Waals surface area contributed by atoms with Crippen LogP contribution in [0.3, 0.4) is 0 Å². The van der Waals surface area contributed by atoms with Crippen molar-refractivity contribution >= 4 is 13.3 Å². The van der Waals surface area contributed by atoms with Crippen molar-refractivity contribution < 1.29 is 14.4 Å². The van der Waals surface area contributed by atoms with Crippen molar-refractivity contribution in [2.24, 2.45) is 0 Å². The molecule has 0 saturated heterocycles. The van der Waals surface area contributed by atoms with Crippen molar-refractivity contribution in [1.82, 2.24) is 5.32 Å². The van der Waals surface area contributed by atoms with Crippen molar-refractivity contribution in [3.63, 3.8) is 0 Å². The van der Waals surface area contributed by atoms with Crippen molar-refractivity contribution in [3.8, 4) is 0 Å². The molecule has 0 fully saturated rings. The van der Waals surface area contributed by atoms with Gasteiger partial charge in [-0.2, -0.15) is 0 Å². The summed E-state index contributed by atoms with van der Waals surface area (Å²) in [6.45, 7) is -0.0957. The van der Waals surface area contributed by atoms with E-state index in [1.54, 1.807) is 0 Å². The largest absolute Gasteiger partial charge is 0.395 e. The number of nitrogens with one attached hydrogen (secondary N) is 1. The van der Waals surface area contributed by atoms with E-state index in [1.807, 2.05) is 0 Å². The second-order valence-corrected chi connectivity index (χ2v) is 4.45. The maximum absolute atomic E-state index is 10.8. The zero-order chi connectivity index (χ0) is 10.9. The topological polar surface area (TPSA) is 130 Å².